The molecule has 0 unspecified atom stereocenters. The highest BCUT2D eigenvalue weighted by Crippen LogP contribution is 2.12. The predicted molar refractivity (Wildman–Crippen MR) is 95.7 cm³/mol. The van der Waals surface area contributed by atoms with Crippen molar-refractivity contribution in [3.8, 4) is 0 Å². The van der Waals surface area contributed by atoms with E-state index in [2.05, 4.69) is 10.4 Å². The second kappa shape index (κ2) is 6.93. The molecular formula is C19H21N3O3. The van der Waals surface area contributed by atoms with Gasteiger partial charge in [-0.25, -0.2) is 4.79 Å². The highest BCUT2D eigenvalue weighted by molar-refractivity contribution is 5.96. The quantitative estimate of drug-likeness (QED) is 0.725. The third-order valence-electron chi connectivity index (χ3n) is 4.09. The molecule has 6 nitrogen and oxygen atoms in total. The minimum absolute atomic E-state index is 0.0250. The van der Waals surface area contributed by atoms with Crippen LogP contribution in [-0.4, -0.2) is 22.2 Å². The second-order valence-corrected chi connectivity index (χ2v) is 6.41. The van der Waals surface area contributed by atoms with Crippen molar-refractivity contribution in [2.75, 3.05) is 6.54 Å². The number of rotatable bonds is 5. The number of benzene rings is 1. The standard InChI is InChI=1S/C19H21N3O3/c1-12(11-22-14(3)8-13(2)21-22)10-20-18(23)16-9-15-6-4-5-7-17(15)25-19(16)24/h4-9,12H,10-11H2,1-3H3,(H,20,23)/t12-/m0/s1. The molecule has 1 atom stereocenters. The monoisotopic (exact) mass is 339 g/mol. The number of aryl methyl sites for hydroxylation is 2. The first-order valence-corrected chi connectivity index (χ1v) is 8.26. The Morgan fingerprint density at radius 2 is 2.04 bits per heavy atom. The topological polar surface area (TPSA) is 77.1 Å². The Balaban J connectivity index is 1.67. The van der Waals surface area contributed by atoms with Crippen molar-refractivity contribution in [1.29, 1.82) is 0 Å². The number of carbonyl (C=O) groups is 1. The van der Waals surface area contributed by atoms with Crippen LogP contribution in [0, 0.1) is 19.8 Å². The molecule has 0 bridgehead atoms. The molecule has 3 rings (SSSR count). The van der Waals surface area contributed by atoms with Crippen LogP contribution in [0.5, 0.6) is 0 Å². The third kappa shape index (κ3) is 3.79. The minimum atomic E-state index is -0.623. The van der Waals surface area contributed by atoms with Crippen LogP contribution >= 0.6 is 0 Å². The summed E-state index contributed by atoms with van der Waals surface area (Å²) in [4.78, 5) is 24.4. The van der Waals surface area contributed by atoms with Gasteiger partial charge in [-0.05, 0) is 38.0 Å². The van der Waals surface area contributed by atoms with E-state index in [1.165, 1.54) is 0 Å². The molecule has 3 aromatic rings. The molecule has 0 saturated heterocycles. The van der Waals surface area contributed by atoms with Gasteiger partial charge in [-0.3, -0.25) is 9.48 Å². The van der Waals surface area contributed by atoms with Gasteiger partial charge in [0.2, 0.25) is 0 Å². The SMILES string of the molecule is Cc1cc(C)n(C[C@@H](C)CNC(=O)c2cc3ccccc3oc2=O)n1. The van der Waals surface area contributed by atoms with Gasteiger partial charge in [0.15, 0.2) is 0 Å². The molecule has 1 amide bonds. The molecule has 0 aliphatic carbocycles. The smallest absolute Gasteiger partial charge is 0.349 e. The van der Waals surface area contributed by atoms with Crippen LogP contribution in [0.2, 0.25) is 0 Å². The van der Waals surface area contributed by atoms with Crippen molar-refractivity contribution in [1.82, 2.24) is 15.1 Å². The number of nitrogens with one attached hydrogen (secondary N) is 1. The van der Waals surface area contributed by atoms with Gasteiger partial charge in [0, 0.05) is 24.2 Å². The minimum Gasteiger partial charge on any atom is -0.422 e. The summed E-state index contributed by atoms with van der Waals surface area (Å²) in [5.41, 5.74) is 1.94. The number of hydrogen-bond donors (Lipinski definition) is 1. The Kier molecular flexibility index (Phi) is 4.70. The third-order valence-corrected chi connectivity index (χ3v) is 4.09. The van der Waals surface area contributed by atoms with E-state index < -0.39 is 11.5 Å². The van der Waals surface area contributed by atoms with Crippen molar-refractivity contribution >= 4 is 16.9 Å². The molecule has 0 radical (unpaired) electrons. The van der Waals surface area contributed by atoms with Crippen LogP contribution in [0.15, 0.2) is 45.6 Å². The van der Waals surface area contributed by atoms with Crippen LogP contribution in [0.1, 0.15) is 28.7 Å². The van der Waals surface area contributed by atoms with E-state index in [1.54, 1.807) is 24.3 Å². The van der Waals surface area contributed by atoms with E-state index in [-0.39, 0.29) is 11.5 Å². The first-order chi connectivity index (χ1) is 11.9. The van der Waals surface area contributed by atoms with E-state index in [1.807, 2.05) is 37.6 Å². The maximum absolute atomic E-state index is 12.3. The molecule has 2 heterocycles. The zero-order chi connectivity index (χ0) is 18.0. The molecule has 1 aromatic carbocycles. The van der Waals surface area contributed by atoms with E-state index in [0.29, 0.717) is 18.7 Å². The zero-order valence-electron chi connectivity index (χ0n) is 14.6. The lowest BCUT2D eigenvalue weighted by Crippen LogP contribution is -2.33. The highest BCUT2D eigenvalue weighted by atomic mass is 16.4. The zero-order valence-corrected chi connectivity index (χ0v) is 14.6. The summed E-state index contributed by atoms with van der Waals surface area (Å²) in [5.74, 6) is -0.242. The van der Waals surface area contributed by atoms with E-state index >= 15 is 0 Å². The Bertz CT molecular complexity index is 971. The van der Waals surface area contributed by atoms with Crippen molar-refractivity contribution in [3.05, 3.63) is 63.8 Å². The highest BCUT2D eigenvalue weighted by Gasteiger charge is 2.15. The van der Waals surface area contributed by atoms with Gasteiger partial charge in [-0.1, -0.05) is 25.1 Å². The van der Waals surface area contributed by atoms with Gasteiger partial charge in [0.05, 0.1) is 5.69 Å². The molecule has 0 saturated carbocycles. The Morgan fingerprint density at radius 3 is 2.76 bits per heavy atom. The maximum atomic E-state index is 12.3. The summed E-state index contributed by atoms with van der Waals surface area (Å²) in [7, 11) is 0. The average molecular weight is 339 g/mol. The molecule has 0 fully saturated rings. The molecule has 2 aromatic heterocycles. The van der Waals surface area contributed by atoms with Crippen LogP contribution < -0.4 is 10.9 Å². The largest absolute Gasteiger partial charge is 0.422 e. The lowest BCUT2D eigenvalue weighted by Gasteiger charge is -2.14. The lowest BCUT2D eigenvalue weighted by molar-refractivity contribution is 0.0943. The van der Waals surface area contributed by atoms with Crippen LogP contribution in [-0.2, 0) is 6.54 Å². The number of nitrogens with zero attached hydrogens (tertiary/aromatic N) is 2. The molecular weight excluding hydrogens is 318 g/mol. The summed E-state index contributed by atoms with van der Waals surface area (Å²) in [6.07, 6.45) is 0. The van der Waals surface area contributed by atoms with E-state index in [0.717, 1.165) is 16.8 Å². The maximum Gasteiger partial charge on any atom is 0.349 e. The molecule has 25 heavy (non-hydrogen) atoms. The molecule has 0 aliphatic rings. The average Bonchev–Trinajstić information content (AvgIpc) is 2.89. The van der Waals surface area contributed by atoms with Crippen molar-refractivity contribution in [2.24, 2.45) is 5.92 Å². The first kappa shape index (κ1) is 17.0. The van der Waals surface area contributed by atoms with Gasteiger partial charge in [0.25, 0.3) is 5.91 Å². The van der Waals surface area contributed by atoms with Crippen LogP contribution in [0.3, 0.4) is 0 Å². The van der Waals surface area contributed by atoms with Crippen molar-refractivity contribution in [3.63, 3.8) is 0 Å². The number of aromatic nitrogens is 2. The molecule has 0 aliphatic heterocycles. The van der Waals surface area contributed by atoms with Gasteiger partial charge in [0.1, 0.15) is 11.1 Å². The fourth-order valence-electron chi connectivity index (χ4n) is 2.80. The van der Waals surface area contributed by atoms with Crippen LogP contribution in [0.4, 0.5) is 0 Å². The fourth-order valence-corrected chi connectivity index (χ4v) is 2.80. The van der Waals surface area contributed by atoms with Gasteiger partial charge >= 0.3 is 5.63 Å². The fraction of sp³-hybridized carbons (Fsp3) is 0.316. The second-order valence-electron chi connectivity index (χ2n) is 6.41. The predicted octanol–water partition coefficient (Wildman–Crippen LogP) is 2.67. The Labute approximate surface area is 145 Å². The van der Waals surface area contributed by atoms with Gasteiger partial charge in [-0.15, -0.1) is 0 Å². The van der Waals surface area contributed by atoms with Gasteiger partial charge < -0.3 is 9.73 Å². The summed E-state index contributed by atoms with van der Waals surface area (Å²) < 4.78 is 7.13. The number of fused-ring (bicyclic) bond motifs is 1. The van der Waals surface area contributed by atoms with E-state index in [9.17, 15) is 9.59 Å². The number of carbonyl (C=O) groups excluding carboxylic acids is 1. The normalized spacial score (nSPS) is 12.3. The molecule has 6 heteroatoms. The van der Waals surface area contributed by atoms with Gasteiger partial charge in [-0.2, -0.15) is 5.10 Å². The number of para-hydroxylation sites is 1. The molecule has 0 spiro atoms. The summed E-state index contributed by atoms with van der Waals surface area (Å²) >= 11 is 0. The van der Waals surface area contributed by atoms with Crippen LogP contribution in [0.25, 0.3) is 11.0 Å². The Hall–Kier alpha value is -2.89. The summed E-state index contributed by atoms with van der Waals surface area (Å²) in [5, 5.41) is 7.96. The summed E-state index contributed by atoms with van der Waals surface area (Å²) in [6.45, 7) is 7.13. The first-order valence-electron chi connectivity index (χ1n) is 8.26. The van der Waals surface area contributed by atoms with Crippen molar-refractivity contribution < 1.29 is 9.21 Å². The lowest BCUT2D eigenvalue weighted by atomic mass is 10.1. The summed E-state index contributed by atoms with van der Waals surface area (Å²) in [6, 6.07) is 10.7. The molecule has 1 N–H and O–H groups in total. The number of amides is 1. The van der Waals surface area contributed by atoms with E-state index in [4.69, 9.17) is 4.42 Å². The van der Waals surface area contributed by atoms with Crippen molar-refractivity contribution in [2.45, 2.75) is 27.3 Å². The number of hydrogen-bond acceptors (Lipinski definition) is 4. The Morgan fingerprint density at radius 1 is 1.28 bits per heavy atom. The molecule has 130 valence electrons.